The molecule has 1 atom stereocenters. The van der Waals surface area contributed by atoms with E-state index in [0.29, 0.717) is 12.1 Å². The van der Waals surface area contributed by atoms with E-state index in [9.17, 15) is 9.50 Å². The van der Waals surface area contributed by atoms with Crippen molar-refractivity contribution >= 4 is 0 Å². The van der Waals surface area contributed by atoms with Crippen LogP contribution in [0.1, 0.15) is 23.7 Å². The maximum absolute atomic E-state index is 12.8. The summed E-state index contributed by atoms with van der Waals surface area (Å²) in [5.41, 5.74) is 1.59. The van der Waals surface area contributed by atoms with Crippen LogP contribution in [-0.4, -0.2) is 10.1 Å². The van der Waals surface area contributed by atoms with Crippen molar-refractivity contribution in [2.45, 2.75) is 25.9 Å². The number of aliphatic hydroxyl groups is 1. The highest BCUT2D eigenvalue weighted by molar-refractivity contribution is 5.25. The number of aromatic nitrogens is 1. The molecule has 1 aromatic heterocycles. The lowest BCUT2D eigenvalue weighted by Crippen LogP contribution is -2.25. The third kappa shape index (κ3) is 2.93. The fraction of sp³-hybridized carbons (Fsp3) is 0.267. The fourth-order valence-electron chi connectivity index (χ4n) is 1.89. The Kier molecular flexibility index (Phi) is 3.43. The minimum Gasteiger partial charge on any atom is -0.383 e. The molecule has 0 amide bonds. The van der Waals surface area contributed by atoms with E-state index >= 15 is 0 Å². The van der Waals surface area contributed by atoms with Crippen LogP contribution in [0.25, 0.3) is 0 Å². The lowest BCUT2D eigenvalue weighted by molar-refractivity contribution is 0.0529. The molecule has 1 heterocycles. The summed E-state index contributed by atoms with van der Waals surface area (Å²) >= 11 is 0. The second-order valence-corrected chi connectivity index (χ2v) is 4.80. The molecule has 3 heteroatoms. The first-order valence-corrected chi connectivity index (χ1v) is 5.87. The Morgan fingerprint density at radius 3 is 2.39 bits per heavy atom. The molecule has 0 aliphatic rings. The van der Waals surface area contributed by atoms with Gasteiger partial charge in [-0.3, -0.25) is 4.98 Å². The van der Waals surface area contributed by atoms with Crippen molar-refractivity contribution in [1.82, 2.24) is 4.98 Å². The molecule has 2 aromatic rings. The average Bonchev–Trinajstić information content (AvgIpc) is 2.32. The van der Waals surface area contributed by atoms with Crippen LogP contribution in [0.3, 0.4) is 0 Å². The summed E-state index contributed by atoms with van der Waals surface area (Å²) < 4.78 is 12.8. The zero-order valence-corrected chi connectivity index (χ0v) is 10.5. The highest BCUT2D eigenvalue weighted by Crippen LogP contribution is 2.23. The minimum atomic E-state index is -1.09. The molecular weight excluding hydrogens is 229 g/mol. The SMILES string of the molecule is Cc1ccc(CC(C)(O)c2ccc(F)cn2)cc1. The highest BCUT2D eigenvalue weighted by atomic mass is 19.1. The molecule has 0 saturated carbocycles. The van der Waals surface area contributed by atoms with E-state index in [4.69, 9.17) is 0 Å². The summed E-state index contributed by atoms with van der Waals surface area (Å²) in [6, 6.07) is 10.8. The molecule has 94 valence electrons. The van der Waals surface area contributed by atoms with Gasteiger partial charge in [-0.25, -0.2) is 4.39 Å². The number of hydrogen-bond donors (Lipinski definition) is 1. The first-order valence-electron chi connectivity index (χ1n) is 5.87. The Morgan fingerprint density at radius 1 is 1.17 bits per heavy atom. The van der Waals surface area contributed by atoms with Crippen molar-refractivity contribution in [3.05, 3.63) is 65.2 Å². The molecule has 1 unspecified atom stereocenters. The Morgan fingerprint density at radius 2 is 1.83 bits per heavy atom. The van der Waals surface area contributed by atoms with Crippen LogP contribution in [0.15, 0.2) is 42.6 Å². The van der Waals surface area contributed by atoms with Gasteiger partial charge in [-0.05, 0) is 31.5 Å². The van der Waals surface area contributed by atoms with Crippen molar-refractivity contribution in [2.24, 2.45) is 0 Å². The van der Waals surface area contributed by atoms with Crippen LogP contribution in [0.4, 0.5) is 4.39 Å². The molecular formula is C15H16FNO. The molecule has 2 nitrogen and oxygen atoms in total. The van der Waals surface area contributed by atoms with E-state index < -0.39 is 11.4 Å². The largest absolute Gasteiger partial charge is 0.383 e. The van der Waals surface area contributed by atoms with Gasteiger partial charge in [-0.2, -0.15) is 0 Å². The van der Waals surface area contributed by atoms with Gasteiger partial charge in [0.2, 0.25) is 0 Å². The predicted molar refractivity (Wildman–Crippen MR) is 68.6 cm³/mol. The third-order valence-electron chi connectivity index (χ3n) is 2.95. The minimum absolute atomic E-state index is 0.398. The van der Waals surface area contributed by atoms with Gasteiger partial charge in [-0.1, -0.05) is 29.8 Å². The van der Waals surface area contributed by atoms with E-state index in [1.165, 1.54) is 17.7 Å². The van der Waals surface area contributed by atoms with E-state index in [1.54, 1.807) is 6.92 Å². The lowest BCUT2D eigenvalue weighted by atomic mass is 9.92. The van der Waals surface area contributed by atoms with Gasteiger partial charge in [0.25, 0.3) is 0 Å². The number of nitrogens with zero attached hydrogens (tertiary/aromatic N) is 1. The summed E-state index contributed by atoms with van der Waals surface area (Å²) in [4.78, 5) is 3.94. The lowest BCUT2D eigenvalue weighted by Gasteiger charge is -2.22. The van der Waals surface area contributed by atoms with Crippen molar-refractivity contribution in [2.75, 3.05) is 0 Å². The molecule has 2 rings (SSSR count). The number of aryl methyl sites for hydroxylation is 1. The molecule has 0 aliphatic carbocycles. The standard InChI is InChI=1S/C15H16FNO/c1-11-3-5-12(6-4-11)9-15(2,18)14-8-7-13(16)10-17-14/h3-8,10,18H,9H2,1-2H3. The normalized spacial score (nSPS) is 14.2. The summed E-state index contributed by atoms with van der Waals surface area (Å²) in [7, 11) is 0. The smallest absolute Gasteiger partial charge is 0.141 e. The van der Waals surface area contributed by atoms with Crippen LogP contribution in [-0.2, 0) is 12.0 Å². The van der Waals surface area contributed by atoms with Gasteiger partial charge < -0.3 is 5.11 Å². The molecule has 1 aromatic carbocycles. The molecule has 0 aliphatic heterocycles. The van der Waals surface area contributed by atoms with Crippen LogP contribution in [0.5, 0.6) is 0 Å². The Hall–Kier alpha value is -1.74. The maximum atomic E-state index is 12.8. The molecule has 0 saturated heterocycles. The summed E-state index contributed by atoms with van der Waals surface area (Å²) in [6.07, 6.45) is 1.57. The molecule has 1 N–H and O–H groups in total. The first kappa shape index (κ1) is 12.7. The molecule has 0 fully saturated rings. The van der Waals surface area contributed by atoms with E-state index in [-0.39, 0.29) is 0 Å². The van der Waals surface area contributed by atoms with Crippen molar-refractivity contribution in [3.63, 3.8) is 0 Å². The van der Waals surface area contributed by atoms with Crippen LogP contribution in [0.2, 0.25) is 0 Å². The summed E-state index contributed by atoms with van der Waals surface area (Å²) in [6.45, 7) is 3.70. The van der Waals surface area contributed by atoms with Crippen molar-refractivity contribution in [1.29, 1.82) is 0 Å². The molecule has 0 spiro atoms. The van der Waals surface area contributed by atoms with Gasteiger partial charge in [0, 0.05) is 6.42 Å². The van der Waals surface area contributed by atoms with Crippen LogP contribution >= 0.6 is 0 Å². The summed E-state index contributed by atoms with van der Waals surface area (Å²) in [5.74, 6) is -0.398. The first-order chi connectivity index (χ1) is 8.47. The van der Waals surface area contributed by atoms with E-state index in [0.717, 1.165) is 11.8 Å². The number of rotatable bonds is 3. The van der Waals surface area contributed by atoms with Crippen LogP contribution in [0, 0.1) is 12.7 Å². The second kappa shape index (κ2) is 4.86. The third-order valence-corrected chi connectivity index (χ3v) is 2.95. The molecule has 0 radical (unpaired) electrons. The Bertz CT molecular complexity index is 517. The number of benzene rings is 1. The van der Waals surface area contributed by atoms with E-state index in [1.807, 2.05) is 31.2 Å². The Balaban J connectivity index is 2.20. The molecule has 0 bridgehead atoms. The van der Waals surface area contributed by atoms with E-state index in [2.05, 4.69) is 4.98 Å². The highest BCUT2D eigenvalue weighted by Gasteiger charge is 2.25. The fourth-order valence-corrected chi connectivity index (χ4v) is 1.89. The van der Waals surface area contributed by atoms with Crippen molar-refractivity contribution < 1.29 is 9.50 Å². The van der Waals surface area contributed by atoms with Gasteiger partial charge in [-0.15, -0.1) is 0 Å². The monoisotopic (exact) mass is 245 g/mol. The average molecular weight is 245 g/mol. The number of pyridine rings is 1. The number of hydrogen-bond acceptors (Lipinski definition) is 2. The maximum Gasteiger partial charge on any atom is 0.141 e. The zero-order chi connectivity index (χ0) is 13.2. The number of halogens is 1. The quantitative estimate of drug-likeness (QED) is 0.901. The van der Waals surface area contributed by atoms with Gasteiger partial charge in [0.05, 0.1) is 11.9 Å². The van der Waals surface area contributed by atoms with Crippen LogP contribution < -0.4 is 0 Å². The second-order valence-electron chi connectivity index (χ2n) is 4.80. The van der Waals surface area contributed by atoms with Crippen molar-refractivity contribution in [3.8, 4) is 0 Å². The Labute approximate surface area is 106 Å². The molecule has 18 heavy (non-hydrogen) atoms. The van der Waals surface area contributed by atoms with Gasteiger partial charge >= 0.3 is 0 Å². The predicted octanol–water partition coefficient (Wildman–Crippen LogP) is 2.98. The topological polar surface area (TPSA) is 33.1 Å². The summed E-state index contributed by atoms with van der Waals surface area (Å²) in [5, 5.41) is 10.4. The zero-order valence-electron chi connectivity index (χ0n) is 10.5. The van der Waals surface area contributed by atoms with Gasteiger partial charge in [0.15, 0.2) is 0 Å². The van der Waals surface area contributed by atoms with Gasteiger partial charge in [0.1, 0.15) is 11.4 Å².